The summed E-state index contributed by atoms with van der Waals surface area (Å²) in [7, 11) is 0. The molecule has 0 saturated carbocycles. The molecule has 4 heterocycles. The molecular formula is C24H18N4. The number of nitrogens with one attached hydrogen (secondary N) is 2. The van der Waals surface area contributed by atoms with Gasteiger partial charge in [-0.05, 0) is 60.7 Å². The highest BCUT2D eigenvalue weighted by atomic mass is 14.8. The summed E-state index contributed by atoms with van der Waals surface area (Å²) in [5, 5.41) is 2.17. The van der Waals surface area contributed by atoms with Gasteiger partial charge in [0.15, 0.2) is 0 Å². The predicted molar refractivity (Wildman–Crippen MR) is 116 cm³/mol. The molecule has 4 nitrogen and oxygen atoms in total. The molecule has 4 aromatic heterocycles. The summed E-state index contributed by atoms with van der Waals surface area (Å²) in [5.74, 6) is 0. The number of nitrogens with zero attached hydrogens (tertiary/aromatic N) is 2. The fourth-order valence-corrected chi connectivity index (χ4v) is 3.23. The Morgan fingerprint density at radius 2 is 1.00 bits per heavy atom. The highest BCUT2D eigenvalue weighted by Crippen LogP contribution is 2.24. The van der Waals surface area contributed by atoms with Crippen molar-refractivity contribution in [3.05, 3.63) is 95.8 Å². The molecule has 5 rings (SSSR count). The second-order valence-corrected chi connectivity index (χ2v) is 6.60. The lowest BCUT2D eigenvalue weighted by Crippen LogP contribution is -1.89. The maximum atomic E-state index is 4.86. The van der Waals surface area contributed by atoms with Gasteiger partial charge in [0, 0.05) is 34.6 Å². The monoisotopic (exact) mass is 362 g/mol. The van der Waals surface area contributed by atoms with E-state index >= 15 is 0 Å². The summed E-state index contributed by atoms with van der Waals surface area (Å²) in [4.78, 5) is 16.1. The number of benzene rings is 1. The smallest absolute Gasteiger partial charge is 0.0972 e. The molecule has 0 aliphatic heterocycles. The van der Waals surface area contributed by atoms with E-state index in [1.165, 1.54) is 0 Å². The van der Waals surface area contributed by atoms with Gasteiger partial charge < -0.3 is 9.97 Å². The van der Waals surface area contributed by atoms with Crippen molar-refractivity contribution in [3.8, 4) is 0 Å². The summed E-state index contributed by atoms with van der Waals surface area (Å²) < 4.78 is 0. The number of hydrogen-bond donors (Lipinski definition) is 2. The zero-order chi connectivity index (χ0) is 18.8. The molecule has 0 unspecified atom stereocenters. The number of aromatic nitrogens is 4. The van der Waals surface area contributed by atoms with Crippen molar-refractivity contribution in [2.45, 2.75) is 0 Å². The molecule has 0 aliphatic rings. The fraction of sp³-hybridized carbons (Fsp3) is 0. The normalized spacial score (nSPS) is 12.0. The first-order valence-corrected chi connectivity index (χ1v) is 9.19. The first kappa shape index (κ1) is 16.3. The van der Waals surface area contributed by atoms with E-state index in [-0.39, 0.29) is 0 Å². The number of pyridine rings is 2. The minimum atomic E-state index is 0.906. The van der Waals surface area contributed by atoms with Crippen LogP contribution in [0.25, 0.3) is 46.1 Å². The van der Waals surface area contributed by atoms with Crippen LogP contribution >= 0.6 is 0 Å². The molecular weight excluding hydrogens is 344 g/mol. The third-order valence-electron chi connectivity index (χ3n) is 4.67. The van der Waals surface area contributed by atoms with E-state index < -0.39 is 0 Å². The van der Waals surface area contributed by atoms with Crippen molar-refractivity contribution in [2.75, 3.05) is 0 Å². The molecule has 1 aromatic carbocycles. The van der Waals surface area contributed by atoms with Gasteiger partial charge in [-0.2, -0.15) is 0 Å². The molecule has 0 radical (unpaired) electrons. The molecule has 0 fully saturated rings. The van der Waals surface area contributed by atoms with Gasteiger partial charge in [0.1, 0.15) is 0 Å². The Bertz CT molecular complexity index is 1190. The van der Waals surface area contributed by atoms with Crippen LogP contribution in [-0.2, 0) is 0 Å². The number of H-pyrrole nitrogens is 2. The van der Waals surface area contributed by atoms with Gasteiger partial charge in [-0.3, -0.25) is 0 Å². The molecule has 4 heteroatoms. The summed E-state index contributed by atoms with van der Waals surface area (Å²) in [6, 6.07) is 20.5. The summed E-state index contributed by atoms with van der Waals surface area (Å²) >= 11 is 0. The largest absolute Gasteiger partial charge is 0.362 e. The number of rotatable bonds is 4. The molecule has 134 valence electrons. The third kappa shape index (κ3) is 3.23. The zero-order valence-corrected chi connectivity index (χ0v) is 15.1. The van der Waals surface area contributed by atoms with Gasteiger partial charge in [-0.1, -0.05) is 24.3 Å². The first-order valence-electron chi connectivity index (χ1n) is 9.19. The van der Waals surface area contributed by atoms with Crippen LogP contribution in [0.3, 0.4) is 0 Å². The molecule has 5 aromatic rings. The van der Waals surface area contributed by atoms with Crippen LogP contribution in [0.15, 0.2) is 73.1 Å². The minimum absolute atomic E-state index is 0.906. The van der Waals surface area contributed by atoms with Crippen LogP contribution in [0.4, 0.5) is 0 Å². The van der Waals surface area contributed by atoms with Crippen LogP contribution in [0, 0.1) is 0 Å². The Kier molecular flexibility index (Phi) is 4.07. The molecule has 0 atom stereocenters. The van der Waals surface area contributed by atoms with E-state index in [0.29, 0.717) is 0 Å². The molecule has 0 spiro atoms. The lowest BCUT2D eigenvalue weighted by molar-refractivity contribution is 1.33. The molecule has 2 N–H and O–H groups in total. The molecule has 28 heavy (non-hydrogen) atoms. The highest BCUT2D eigenvalue weighted by molar-refractivity contribution is 6.03. The van der Waals surface area contributed by atoms with E-state index in [1.807, 2.05) is 73.1 Å². The van der Waals surface area contributed by atoms with Gasteiger partial charge in [0.25, 0.3) is 0 Å². The second kappa shape index (κ2) is 7.00. The van der Waals surface area contributed by atoms with E-state index in [4.69, 9.17) is 9.97 Å². The number of hydrogen-bond acceptors (Lipinski definition) is 2. The van der Waals surface area contributed by atoms with E-state index in [9.17, 15) is 0 Å². The lowest BCUT2D eigenvalue weighted by Gasteiger charge is -2.05. The van der Waals surface area contributed by atoms with Crippen molar-refractivity contribution in [1.82, 2.24) is 19.9 Å². The third-order valence-corrected chi connectivity index (χ3v) is 4.67. The second-order valence-electron chi connectivity index (χ2n) is 6.60. The zero-order valence-electron chi connectivity index (χ0n) is 15.1. The van der Waals surface area contributed by atoms with Gasteiger partial charge in [-0.15, -0.1) is 0 Å². The lowest BCUT2D eigenvalue weighted by atomic mass is 10.1. The van der Waals surface area contributed by atoms with Crippen molar-refractivity contribution >= 4 is 46.1 Å². The average Bonchev–Trinajstić information content (AvgIpc) is 3.44. The highest BCUT2D eigenvalue weighted by Gasteiger charge is 2.05. The summed E-state index contributed by atoms with van der Waals surface area (Å²) in [6.07, 6.45) is 11.9. The minimum Gasteiger partial charge on any atom is -0.362 e. The quantitative estimate of drug-likeness (QED) is 0.398. The standard InChI is InChI=1S/C24H18N4/c1-3-19(25-15-1)11-13-21-9-7-17-5-6-18-8-10-22(28-24(18)23(17)27-21)14-12-20-4-2-16-26-20/h1-16,25-26H/b13-11-,14-12-. The fourth-order valence-electron chi connectivity index (χ4n) is 3.23. The van der Waals surface area contributed by atoms with E-state index in [1.54, 1.807) is 0 Å². The maximum absolute atomic E-state index is 4.86. The predicted octanol–water partition coefficient (Wildman–Crippen LogP) is 5.78. The average molecular weight is 362 g/mol. The Labute approximate surface area is 162 Å². The van der Waals surface area contributed by atoms with Gasteiger partial charge in [0.05, 0.1) is 22.4 Å². The van der Waals surface area contributed by atoms with E-state index in [2.05, 4.69) is 34.2 Å². The van der Waals surface area contributed by atoms with Crippen molar-refractivity contribution < 1.29 is 0 Å². The van der Waals surface area contributed by atoms with Crippen LogP contribution in [0.2, 0.25) is 0 Å². The number of aromatic amines is 2. The SMILES string of the molecule is C(=C/c1ccc[nH]1)/c1ccc2ccc3ccc(/C=C\c4ccc[nH]4)nc3c2n1. The van der Waals surface area contributed by atoms with Gasteiger partial charge in [-0.25, -0.2) is 9.97 Å². The van der Waals surface area contributed by atoms with Crippen LogP contribution in [0.5, 0.6) is 0 Å². The van der Waals surface area contributed by atoms with Crippen molar-refractivity contribution in [2.24, 2.45) is 0 Å². The molecule has 0 bridgehead atoms. The van der Waals surface area contributed by atoms with Crippen molar-refractivity contribution in [3.63, 3.8) is 0 Å². The molecule has 0 saturated heterocycles. The Balaban J connectivity index is 1.58. The summed E-state index contributed by atoms with van der Waals surface area (Å²) in [5.41, 5.74) is 5.75. The van der Waals surface area contributed by atoms with Crippen LogP contribution in [-0.4, -0.2) is 19.9 Å². The Hall–Kier alpha value is -3.92. The Morgan fingerprint density at radius 3 is 1.43 bits per heavy atom. The van der Waals surface area contributed by atoms with E-state index in [0.717, 1.165) is 44.6 Å². The Morgan fingerprint density at radius 1 is 0.536 bits per heavy atom. The van der Waals surface area contributed by atoms with Crippen LogP contribution in [0.1, 0.15) is 22.8 Å². The topological polar surface area (TPSA) is 57.4 Å². The van der Waals surface area contributed by atoms with Crippen LogP contribution < -0.4 is 0 Å². The molecule has 0 amide bonds. The van der Waals surface area contributed by atoms with Gasteiger partial charge >= 0.3 is 0 Å². The maximum Gasteiger partial charge on any atom is 0.0972 e. The van der Waals surface area contributed by atoms with Crippen molar-refractivity contribution in [1.29, 1.82) is 0 Å². The molecule has 0 aliphatic carbocycles. The number of fused-ring (bicyclic) bond motifs is 3. The van der Waals surface area contributed by atoms with Gasteiger partial charge in [0.2, 0.25) is 0 Å². The summed E-state index contributed by atoms with van der Waals surface area (Å²) in [6.45, 7) is 0. The first-order chi connectivity index (χ1) is 13.8.